The Balaban J connectivity index is 1.95. The van der Waals surface area contributed by atoms with Crippen LogP contribution >= 0.6 is 39.0 Å². The second-order valence-corrected chi connectivity index (χ2v) is 10.1. The van der Waals surface area contributed by atoms with E-state index in [1.54, 1.807) is 30.0 Å². The number of nitrogens with one attached hydrogen (secondary N) is 1. The highest BCUT2D eigenvalue weighted by atomic mass is 79.9. The number of thiophene rings is 1. The lowest BCUT2D eigenvalue weighted by molar-refractivity contribution is -0.115. The van der Waals surface area contributed by atoms with Crippen LogP contribution in [0.2, 0.25) is 0 Å². The molecule has 0 aliphatic rings. The van der Waals surface area contributed by atoms with Crippen LogP contribution in [0.1, 0.15) is 6.42 Å². The van der Waals surface area contributed by atoms with Gasteiger partial charge in [-0.2, -0.15) is 0 Å². The molecule has 0 bridgehead atoms. The lowest BCUT2D eigenvalue weighted by atomic mass is 10.3. The molecule has 0 radical (unpaired) electrons. The van der Waals surface area contributed by atoms with Crippen molar-refractivity contribution >= 4 is 60.5 Å². The minimum atomic E-state index is -3.42. The SMILES string of the molecule is CSc1cccc(NC(=O)CCS(=O)(=O)c2ccc(Br)s2)c1. The summed E-state index contributed by atoms with van der Waals surface area (Å²) in [6, 6.07) is 10.7. The van der Waals surface area contributed by atoms with Gasteiger partial charge in [-0.25, -0.2) is 8.42 Å². The highest BCUT2D eigenvalue weighted by Crippen LogP contribution is 2.27. The van der Waals surface area contributed by atoms with Gasteiger partial charge in [0.1, 0.15) is 4.21 Å². The first-order chi connectivity index (χ1) is 10.4. The molecule has 1 heterocycles. The number of sulfone groups is 1. The van der Waals surface area contributed by atoms with Crippen molar-refractivity contribution < 1.29 is 13.2 Å². The van der Waals surface area contributed by atoms with E-state index in [1.807, 2.05) is 24.5 Å². The van der Waals surface area contributed by atoms with Crippen LogP contribution in [-0.4, -0.2) is 26.3 Å². The van der Waals surface area contributed by atoms with Crippen LogP contribution in [0.15, 0.2) is 49.3 Å². The summed E-state index contributed by atoms with van der Waals surface area (Å²) in [5, 5.41) is 2.72. The molecule has 0 atom stereocenters. The first-order valence-electron chi connectivity index (χ1n) is 6.33. The van der Waals surface area contributed by atoms with Crippen LogP contribution in [0.5, 0.6) is 0 Å². The molecule has 2 rings (SSSR count). The van der Waals surface area contributed by atoms with Gasteiger partial charge in [0, 0.05) is 17.0 Å². The number of hydrogen-bond donors (Lipinski definition) is 1. The van der Waals surface area contributed by atoms with Crippen molar-refractivity contribution in [3.8, 4) is 0 Å². The van der Waals surface area contributed by atoms with Crippen molar-refractivity contribution in [1.29, 1.82) is 0 Å². The molecule has 2 aromatic rings. The van der Waals surface area contributed by atoms with E-state index in [2.05, 4.69) is 21.2 Å². The maximum Gasteiger partial charge on any atom is 0.225 e. The zero-order valence-corrected chi connectivity index (χ0v) is 15.7. The Morgan fingerprint density at radius 2 is 2.09 bits per heavy atom. The topological polar surface area (TPSA) is 63.2 Å². The monoisotopic (exact) mass is 419 g/mol. The number of hydrogen-bond acceptors (Lipinski definition) is 5. The third-order valence-corrected chi connectivity index (χ3v) is 7.45. The largest absolute Gasteiger partial charge is 0.326 e. The molecule has 0 saturated heterocycles. The molecule has 1 N–H and O–H groups in total. The van der Waals surface area contributed by atoms with Gasteiger partial charge in [0.25, 0.3) is 0 Å². The molecule has 0 aliphatic carbocycles. The number of thioether (sulfide) groups is 1. The number of amides is 1. The fraction of sp³-hybridized carbons (Fsp3) is 0.214. The number of halogens is 1. The molecule has 118 valence electrons. The maximum atomic E-state index is 12.1. The molecule has 0 aliphatic heterocycles. The molecular weight excluding hydrogens is 406 g/mol. The number of carbonyl (C=O) groups excluding carboxylic acids is 1. The van der Waals surface area contributed by atoms with Gasteiger partial charge in [0.05, 0.1) is 9.54 Å². The van der Waals surface area contributed by atoms with E-state index in [0.717, 1.165) is 20.0 Å². The van der Waals surface area contributed by atoms with Gasteiger partial charge in [0.15, 0.2) is 9.84 Å². The van der Waals surface area contributed by atoms with E-state index >= 15 is 0 Å². The van der Waals surface area contributed by atoms with Crippen LogP contribution in [0, 0.1) is 0 Å². The summed E-state index contributed by atoms with van der Waals surface area (Å²) in [6.45, 7) is 0. The van der Waals surface area contributed by atoms with Crippen LogP contribution in [-0.2, 0) is 14.6 Å². The summed E-state index contributed by atoms with van der Waals surface area (Å²) < 4.78 is 25.2. The Labute approximate surface area is 146 Å². The van der Waals surface area contributed by atoms with Crippen molar-refractivity contribution in [2.45, 2.75) is 15.5 Å². The Hall–Kier alpha value is -0.830. The summed E-state index contributed by atoms with van der Waals surface area (Å²) in [7, 11) is -3.42. The summed E-state index contributed by atoms with van der Waals surface area (Å²) in [5.41, 5.74) is 0.674. The Bertz CT molecular complexity index is 771. The fourth-order valence-electron chi connectivity index (χ4n) is 1.72. The summed E-state index contributed by atoms with van der Waals surface area (Å²) in [6.07, 6.45) is 1.88. The van der Waals surface area contributed by atoms with Gasteiger partial charge in [-0.05, 0) is 52.5 Å². The molecule has 22 heavy (non-hydrogen) atoms. The van der Waals surface area contributed by atoms with Gasteiger partial charge in [-0.15, -0.1) is 23.1 Å². The van der Waals surface area contributed by atoms with E-state index < -0.39 is 9.84 Å². The molecule has 0 unspecified atom stereocenters. The molecule has 1 amide bonds. The molecule has 4 nitrogen and oxygen atoms in total. The van der Waals surface area contributed by atoms with Crippen LogP contribution < -0.4 is 5.32 Å². The third kappa shape index (κ3) is 4.84. The third-order valence-electron chi connectivity index (χ3n) is 2.81. The highest BCUT2D eigenvalue weighted by Gasteiger charge is 2.18. The molecule has 8 heteroatoms. The zero-order valence-electron chi connectivity index (χ0n) is 11.7. The van der Waals surface area contributed by atoms with Gasteiger partial charge < -0.3 is 5.32 Å². The van der Waals surface area contributed by atoms with Crippen LogP contribution in [0.4, 0.5) is 5.69 Å². The van der Waals surface area contributed by atoms with Crippen LogP contribution in [0.3, 0.4) is 0 Å². The standard InChI is InChI=1S/C14H14BrNO3S3/c1-20-11-4-2-3-10(9-11)16-13(17)7-8-22(18,19)14-6-5-12(15)21-14/h2-6,9H,7-8H2,1H3,(H,16,17). The molecule has 1 aromatic heterocycles. The molecular formula is C14H14BrNO3S3. The fourth-order valence-corrected chi connectivity index (χ4v) is 5.58. The second kappa shape index (κ2) is 7.63. The maximum absolute atomic E-state index is 12.1. The Morgan fingerprint density at radius 3 is 2.73 bits per heavy atom. The number of benzene rings is 1. The van der Waals surface area contributed by atoms with Gasteiger partial charge in [-0.3, -0.25) is 4.79 Å². The van der Waals surface area contributed by atoms with Crippen molar-refractivity contribution in [3.05, 3.63) is 40.2 Å². The van der Waals surface area contributed by atoms with Gasteiger partial charge in [0.2, 0.25) is 5.91 Å². The lowest BCUT2D eigenvalue weighted by Gasteiger charge is -2.06. The molecule has 0 saturated carbocycles. The highest BCUT2D eigenvalue weighted by molar-refractivity contribution is 9.11. The zero-order chi connectivity index (χ0) is 16.2. The van der Waals surface area contributed by atoms with Crippen LogP contribution in [0.25, 0.3) is 0 Å². The second-order valence-electron chi connectivity index (χ2n) is 4.41. The normalized spacial score (nSPS) is 11.4. The first-order valence-corrected chi connectivity index (χ1v) is 10.8. The van der Waals surface area contributed by atoms with Crippen molar-refractivity contribution in [2.75, 3.05) is 17.3 Å². The van der Waals surface area contributed by atoms with E-state index in [0.29, 0.717) is 5.69 Å². The Morgan fingerprint density at radius 1 is 1.32 bits per heavy atom. The lowest BCUT2D eigenvalue weighted by Crippen LogP contribution is -2.17. The van der Waals surface area contributed by atoms with E-state index in [4.69, 9.17) is 0 Å². The molecule has 0 fully saturated rings. The average Bonchev–Trinajstić information content (AvgIpc) is 2.93. The van der Waals surface area contributed by atoms with E-state index in [9.17, 15) is 13.2 Å². The van der Waals surface area contributed by atoms with Gasteiger partial charge in [-0.1, -0.05) is 6.07 Å². The quantitative estimate of drug-likeness (QED) is 0.717. The number of anilines is 1. The number of rotatable bonds is 6. The van der Waals surface area contributed by atoms with Crippen molar-refractivity contribution in [1.82, 2.24) is 0 Å². The molecule has 0 spiro atoms. The van der Waals surface area contributed by atoms with Crippen molar-refractivity contribution in [2.24, 2.45) is 0 Å². The summed E-state index contributed by atoms with van der Waals surface area (Å²) >= 11 is 5.96. The summed E-state index contributed by atoms with van der Waals surface area (Å²) in [4.78, 5) is 12.9. The van der Waals surface area contributed by atoms with E-state index in [-0.39, 0.29) is 22.3 Å². The average molecular weight is 420 g/mol. The first kappa shape index (κ1) is 17.5. The predicted octanol–water partition coefficient (Wildman–Crippen LogP) is 4.04. The van der Waals surface area contributed by atoms with E-state index in [1.165, 1.54) is 0 Å². The van der Waals surface area contributed by atoms with Gasteiger partial charge >= 0.3 is 0 Å². The minimum Gasteiger partial charge on any atom is -0.326 e. The summed E-state index contributed by atoms with van der Waals surface area (Å²) in [5.74, 6) is -0.508. The Kier molecular flexibility index (Phi) is 6.08. The predicted molar refractivity (Wildman–Crippen MR) is 95.5 cm³/mol. The number of carbonyl (C=O) groups is 1. The van der Waals surface area contributed by atoms with Crippen molar-refractivity contribution in [3.63, 3.8) is 0 Å². The smallest absolute Gasteiger partial charge is 0.225 e. The molecule has 1 aromatic carbocycles. The minimum absolute atomic E-state index is 0.0681.